The minimum atomic E-state index is -1.72. The number of carboxylic acids is 1. The molecule has 0 aliphatic heterocycles. The van der Waals surface area contributed by atoms with Crippen molar-refractivity contribution in [1.29, 1.82) is 0 Å². The molecule has 0 aromatic rings. The number of hydrogen-bond donors (Lipinski definition) is 9. The van der Waals surface area contributed by atoms with Gasteiger partial charge in [0, 0.05) is 5.75 Å². The van der Waals surface area contributed by atoms with Crippen LogP contribution in [0, 0.1) is 0 Å². The second-order valence-corrected chi connectivity index (χ2v) is 6.68. The van der Waals surface area contributed by atoms with Crippen LogP contribution in [0.5, 0.6) is 0 Å². The van der Waals surface area contributed by atoms with Gasteiger partial charge in [-0.3, -0.25) is 24.0 Å². The molecule has 0 heterocycles. The van der Waals surface area contributed by atoms with Crippen LogP contribution in [-0.2, 0) is 28.8 Å². The quantitative estimate of drug-likeness (QED) is 0.121. The zero-order chi connectivity index (χ0) is 23.6. The molecule has 0 saturated heterocycles. The van der Waals surface area contributed by atoms with E-state index in [-0.39, 0.29) is 5.75 Å². The van der Waals surface area contributed by atoms with Gasteiger partial charge in [0.25, 0.3) is 0 Å². The van der Waals surface area contributed by atoms with Crippen LogP contribution in [0.2, 0.25) is 0 Å². The van der Waals surface area contributed by atoms with Crippen LogP contribution >= 0.6 is 12.6 Å². The van der Waals surface area contributed by atoms with Crippen LogP contribution in [-0.4, -0.2) is 81.7 Å². The molecule has 0 aromatic carbocycles. The third-order valence-corrected chi connectivity index (χ3v) is 4.05. The van der Waals surface area contributed by atoms with Crippen LogP contribution in [0.4, 0.5) is 0 Å². The Morgan fingerprint density at radius 2 is 1.33 bits per heavy atom. The smallest absolute Gasteiger partial charge is 0.326 e. The normalized spacial score (nSPS) is 15.6. The number of aliphatic carboxylic acids is 1. The number of nitrogens with two attached hydrogens (primary N) is 3. The summed E-state index contributed by atoms with van der Waals surface area (Å²) in [5.41, 5.74) is 15.4. The van der Waals surface area contributed by atoms with Gasteiger partial charge in [0.05, 0.1) is 25.0 Å². The van der Waals surface area contributed by atoms with Gasteiger partial charge in [0.1, 0.15) is 18.1 Å². The molecule has 5 unspecified atom stereocenters. The number of carbonyl (C=O) groups excluding carboxylic acids is 5. The fourth-order valence-corrected chi connectivity index (χ4v) is 2.26. The molecular weight excluding hydrogens is 424 g/mol. The van der Waals surface area contributed by atoms with Crippen molar-refractivity contribution in [2.24, 2.45) is 17.2 Å². The van der Waals surface area contributed by atoms with E-state index < -0.39 is 78.6 Å². The van der Waals surface area contributed by atoms with Gasteiger partial charge >= 0.3 is 5.97 Å². The van der Waals surface area contributed by atoms with Crippen LogP contribution < -0.4 is 33.2 Å². The molecule has 30 heavy (non-hydrogen) atoms. The lowest BCUT2D eigenvalue weighted by molar-refractivity contribution is -0.144. The molecule has 14 nitrogen and oxygen atoms in total. The first-order chi connectivity index (χ1) is 13.8. The molecule has 11 N–H and O–H groups in total. The van der Waals surface area contributed by atoms with Gasteiger partial charge < -0.3 is 43.4 Å². The Hall–Kier alpha value is -2.91. The summed E-state index contributed by atoms with van der Waals surface area (Å²) in [5.74, 6) is -6.71. The number of aliphatic hydroxyl groups excluding tert-OH is 1. The van der Waals surface area contributed by atoms with Crippen molar-refractivity contribution in [2.45, 2.75) is 50.0 Å². The monoisotopic (exact) mass is 450 g/mol. The van der Waals surface area contributed by atoms with Crippen molar-refractivity contribution in [2.75, 3.05) is 5.75 Å². The highest BCUT2D eigenvalue weighted by Gasteiger charge is 2.33. The third-order valence-electron chi connectivity index (χ3n) is 3.65. The van der Waals surface area contributed by atoms with E-state index in [1.54, 1.807) is 0 Å². The van der Waals surface area contributed by atoms with Crippen molar-refractivity contribution in [3.8, 4) is 0 Å². The summed E-state index contributed by atoms with van der Waals surface area (Å²) < 4.78 is 0. The summed E-state index contributed by atoms with van der Waals surface area (Å²) in [7, 11) is 0. The molecule has 0 spiro atoms. The summed E-state index contributed by atoms with van der Waals surface area (Å²) in [5, 5.41) is 25.1. The Morgan fingerprint density at radius 3 is 1.73 bits per heavy atom. The van der Waals surface area contributed by atoms with Crippen molar-refractivity contribution in [3.05, 3.63) is 0 Å². The van der Waals surface area contributed by atoms with Crippen LogP contribution in [0.3, 0.4) is 0 Å². The molecule has 5 amide bonds. The molecule has 0 radical (unpaired) electrons. The Morgan fingerprint density at radius 1 is 0.867 bits per heavy atom. The molecular formula is C15H26N6O8S. The van der Waals surface area contributed by atoms with Crippen molar-refractivity contribution >= 4 is 48.1 Å². The number of aliphatic hydroxyl groups is 1. The minimum Gasteiger partial charge on any atom is -0.480 e. The minimum absolute atomic E-state index is 0.0525. The summed E-state index contributed by atoms with van der Waals surface area (Å²) in [6, 6.07) is -6.03. The van der Waals surface area contributed by atoms with Gasteiger partial charge in [-0.25, -0.2) is 4.79 Å². The maximum Gasteiger partial charge on any atom is 0.326 e. The van der Waals surface area contributed by atoms with Crippen LogP contribution in [0.25, 0.3) is 0 Å². The van der Waals surface area contributed by atoms with Gasteiger partial charge in [-0.15, -0.1) is 0 Å². The van der Waals surface area contributed by atoms with E-state index in [9.17, 15) is 33.9 Å². The molecule has 0 fully saturated rings. The Kier molecular flexibility index (Phi) is 11.4. The summed E-state index contributed by atoms with van der Waals surface area (Å²) in [4.78, 5) is 70.0. The number of carbonyl (C=O) groups is 6. The van der Waals surface area contributed by atoms with E-state index in [4.69, 9.17) is 22.3 Å². The average molecular weight is 450 g/mol. The highest BCUT2D eigenvalue weighted by molar-refractivity contribution is 7.80. The Bertz CT molecular complexity index is 688. The molecule has 5 atom stereocenters. The summed E-state index contributed by atoms with van der Waals surface area (Å²) in [6.07, 6.45) is -2.91. The predicted molar refractivity (Wildman–Crippen MR) is 105 cm³/mol. The van der Waals surface area contributed by atoms with E-state index in [0.29, 0.717) is 0 Å². The van der Waals surface area contributed by atoms with Gasteiger partial charge in [0.15, 0.2) is 0 Å². The van der Waals surface area contributed by atoms with Gasteiger partial charge in [-0.2, -0.15) is 12.6 Å². The van der Waals surface area contributed by atoms with E-state index in [0.717, 1.165) is 0 Å². The van der Waals surface area contributed by atoms with Crippen molar-refractivity contribution in [3.63, 3.8) is 0 Å². The molecule has 0 aromatic heterocycles. The predicted octanol–water partition coefficient (Wildman–Crippen LogP) is -5.09. The average Bonchev–Trinajstić information content (AvgIpc) is 2.62. The van der Waals surface area contributed by atoms with E-state index in [1.807, 2.05) is 5.32 Å². The maximum atomic E-state index is 12.5. The zero-order valence-electron chi connectivity index (χ0n) is 16.0. The molecule has 0 bridgehead atoms. The number of nitrogens with one attached hydrogen (secondary N) is 3. The van der Waals surface area contributed by atoms with E-state index in [2.05, 4.69) is 23.3 Å². The number of amides is 5. The second kappa shape index (κ2) is 12.6. The molecule has 0 aliphatic carbocycles. The van der Waals surface area contributed by atoms with Crippen molar-refractivity contribution in [1.82, 2.24) is 16.0 Å². The lowest BCUT2D eigenvalue weighted by Gasteiger charge is -2.25. The number of hydrogen-bond acceptors (Lipinski definition) is 9. The molecule has 15 heteroatoms. The van der Waals surface area contributed by atoms with Gasteiger partial charge in [0.2, 0.25) is 29.5 Å². The highest BCUT2D eigenvalue weighted by atomic mass is 32.1. The molecule has 0 rings (SSSR count). The molecule has 170 valence electrons. The lowest BCUT2D eigenvalue weighted by atomic mass is 10.1. The van der Waals surface area contributed by atoms with Gasteiger partial charge in [-0.05, 0) is 6.92 Å². The first-order valence-corrected chi connectivity index (χ1v) is 9.18. The van der Waals surface area contributed by atoms with E-state index >= 15 is 0 Å². The Balaban J connectivity index is 5.45. The lowest BCUT2D eigenvalue weighted by Crippen LogP contribution is -2.60. The second-order valence-electron chi connectivity index (χ2n) is 6.32. The number of carboxylic acid groups (broad SMARTS) is 1. The first kappa shape index (κ1) is 27.1. The molecule has 0 saturated carbocycles. The largest absolute Gasteiger partial charge is 0.480 e. The number of thiol groups is 1. The van der Waals surface area contributed by atoms with E-state index in [1.165, 1.54) is 6.92 Å². The fourth-order valence-electron chi connectivity index (χ4n) is 2.09. The topological polar surface area (TPSA) is 257 Å². The molecule has 0 aliphatic rings. The summed E-state index contributed by atoms with van der Waals surface area (Å²) >= 11 is 3.84. The summed E-state index contributed by atoms with van der Waals surface area (Å²) in [6.45, 7) is 1.17. The van der Waals surface area contributed by atoms with Crippen LogP contribution in [0.1, 0.15) is 19.8 Å². The van der Waals surface area contributed by atoms with Crippen molar-refractivity contribution < 1.29 is 39.0 Å². The van der Waals surface area contributed by atoms with Gasteiger partial charge in [-0.1, -0.05) is 0 Å². The SMILES string of the molecule is CC(O)C(NC(=O)C(N)CS)C(=O)NC(CC(N)=O)C(=O)NC(CC(N)=O)C(=O)O. The highest BCUT2D eigenvalue weighted by Crippen LogP contribution is 2.01. The fraction of sp³-hybridized carbons (Fsp3) is 0.600. The Labute approximate surface area is 176 Å². The first-order valence-electron chi connectivity index (χ1n) is 8.55. The third kappa shape index (κ3) is 9.53. The zero-order valence-corrected chi connectivity index (χ0v) is 16.9. The number of primary amides is 2. The van der Waals surface area contributed by atoms with Crippen LogP contribution in [0.15, 0.2) is 0 Å². The number of rotatable bonds is 13. The standard InChI is InChI=1S/C15H26N6O8S/c1-5(22)11(21-12(25)6(16)4-30)14(27)19-7(2-9(17)23)13(26)20-8(15(28)29)3-10(18)24/h5-8,11,22,30H,2-4,16H2,1H3,(H2,17,23)(H2,18,24)(H,19,27)(H,20,26)(H,21,25)(H,28,29). The maximum absolute atomic E-state index is 12.5.